The van der Waals surface area contributed by atoms with Gasteiger partial charge in [-0.25, -0.2) is 9.97 Å². The SMILES string of the molecule is COc1ccc(CC(=O)N2CCC(NC(=O)c3nccnc3NC(=O)C(C)C)CC2)cc1. The third kappa shape index (κ3) is 6.03. The van der Waals surface area contributed by atoms with Gasteiger partial charge in [0.05, 0.1) is 13.5 Å². The van der Waals surface area contributed by atoms with E-state index in [0.717, 1.165) is 11.3 Å². The Hall–Kier alpha value is -3.49. The molecule has 170 valence electrons. The molecule has 1 saturated heterocycles. The fourth-order valence-corrected chi connectivity index (χ4v) is 3.41. The Morgan fingerprint density at radius 1 is 1.09 bits per heavy atom. The molecule has 1 aliphatic rings. The fourth-order valence-electron chi connectivity index (χ4n) is 3.41. The van der Waals surface area contributed by atoms with Crippen molar-refractivity contribution < 1.29 is 19.1 Å². The minimum atomic E-state index is -0.389. The number of carbonyl (C=O) groups excluding carboxylic acids is 3. The van der Waals surface area contributed by atoms with Crippen molar-refractivity contribution in [2.24, 2.45) is 5.92 Å². The third-order valence-electron chi connectivity index (χ3n) is 5.38. The molecular weight excluding hydrogens is 410 g/mol. The van der Waals surface area contributed by atoms with Crippen LogP contribution < -0.4 is 15.4 Å². The van der Waals surface area contributed by atoms with Gasteiger partial charge in [0.25, 0.3) is 5.91 Å². The second-order valence-electron chi connectivity index (χ2n) is 8.05. The average Bonchev–Trinajstić information content (AvgIpc) is 2.80. The zero-order valence-corrected chi connectivity index (χ0v) is 18.6. The first-order valence-corrected chi connectivity index (χ1v) is 10.7. The third-order valence-corrected chi connectivity index (χ3v) is 5.38. The number of rotatable bonds is 7. The summed E-state index contributed by atoms with van der Waals surface area (Å²) in [6.07, 6.45) is 4.47. The number of aromatic nitrogens is 2. The number of methoxy groups -OCH3 is 1. The maximum absolute atomic E-state index is 12.7. The van der Waals surface area contributed by atoms with E-state index in [1.54, 1.807) is 21.0 Å². The van der Waals surface area contributed by atoms with E-state index in [4.69, 9.17) is 4.74 Å². The van der Waals surface area contributed by atoms with Crippen LogP contribution in [0.25, 0.3) is 0 Å². The number of hydrogen-bond acceptors (Lipinski definition) is 6. The Bertz CT molecular complexity index is 953. The fraction of sp³-hybridized carbons (Fsp3) is 0.435. The molecule has 1 aromatic carbocycles. The Morgan fingerprint density at radius 3 is 2.38 bits per heavy atom. The van der Waals surface area contributed by atoms with Crippen LogP contribution in [0.3, 0.4) is 0 Å². The molecule has 0 saturated carbocycles. The molecule has 2 heterocycles. The van der Waals surface area contributed by atoms with Crippen LogP contribution >= 0.6 is 0 Å². The lowest BCUT2D eigenvalue weighted by atomic mass is 10.0. The molecule has 0 bridgehead atoms. The van der Waals surface area contributed by atoms with Crippen LogP contribution in [0.2, 0.25) is 0 Å². The first-order chi connectivity index (χ1) is 15.4. The molecular formula is C23H29N5O4. The number of carbonyl (C=O) groups is 3. The van der Waals surface area contributed by atoms with E-state index in [-0.39, 0.29) is 41.2 Å². The molecule has 0 aliphatic carbocycles. The second-order valence-corrected chi connectivity index (χ2v) is 8.05. The Balaban J connectivity index is 1.52. The molecule has 9 nitrogen and oxygen atoms in total. The van der Waals surface area contributed by atoms with Gasteiger partial charge in [-0.05, 0) is 30.5 Å². The zero-order valence-electron chi connectivity index (χ0n) is 18.6. The molecule has 0 atom stereocenters. The van der Waals surface area contributed by atoms with E-state index >= 15 is 0 Å². The van der Waals surface area contributed by atoms with Crippen LogP contribution in [0.5, 0.6) is 5.75 Å². The monoisotopic (exact) mass is 439 g/mol. The van der Waals surface area contributed by atoms with Gasteiger partial charge >= 0.3 is 0 Å². The maximum atomic E-state index is 12.7. The van der Waals surface area contributed by atoms with Crippen LogP contribution in [0.15, 0.2) is 36.7 Å². The molecule has 0 unspecified atom stereocenters. The van der Waals surface area contributed by atoms with E-state index in [0.29, 0.717) is 32.4 Å². The van der Waals surface area contributed by atoms with Gasteiger partial charge in [-0.15, -0.1) is 0 Å². The van der Waals surface area contributed by atoms with Crippen molar-refractivity contribution in [1.29, 1.82) is 0 Å². The van der Waals surface area contributed by atoms with Gasteiger partial charge in [0.15, 0.2) is 11.5 Å². The van der Waals surface area contributed by atoms with Crippen molar-refractivity contribution in [2.75, 3.05) is 25.5 Å². The lowest BCUT2D eigenvalue weighted by Crippen LogP contribution is -2.47. The second kappa shape index (κ2) is 10.7. The molecule has 1 aromatic heterocycles. The lowest BCUT2D eigenvalue weighted by molar-refractivity contribution is -0.131. The molecule has 2 aromatic rings. The van der Waals surface area contributed by atoms with Crippen molar-refractivity contribution in [2.45, 2.75) is 39.2 Å². The largest absolute Gasteiger partial charge is 0.497 e. The van der Waals surface area contributed by atoms with E-state index in [9.17, 15) is 14.4 Å². The summed E-state index contributed by atoms with van der Waals surface area (Å²) in [5, 5.41) is 5.60. The van der Waals surface area contributed by atoms with Crippen molar-refractivity contribution in [3.8, 4) is 5.75 Å². The van der Waals surface area contributed by atoms with E-state index in [1.165, 1.54) is 12.4 Å². The van der Waals surface area contributed by atoms with Gasteiger partial charge in [0, 0.05) is 37.4 Å². The summed E-state index contributed by atoms with van der Waals surface area (Å²) in [7, 11) is 1.61. The van der Waals surface area contributed by atoms with Gasteiger partial charge in [-0.3, -0.25) is 14.4 Å². The van der Waals surface area contributed by atoms with E-state index in [1.807, 2.05) is 29.2 Å². The zero-order chi connectivity index (χ0) is 23.1. The van der Waals surface area contributed by atoms with Crippen LogP contribution in [0.1, 0.15) is 42.7 Å². The molecule has 0 radical (unpaired) electrons. The predicted molar refractivity (Wildman–Crippen MR) is 119 cm³/mol. The van der Waals surface area contributed by atoms with Gasteiger partial charge in [0.2, 0.25) is 11.8 Å². The van der Waals surface area contributed by atoms with Crippen molar-refractivity contribution in [3.05, 3.63) is 47.9 Å². The summed E-state index contributed by atoms with van der Waals surface area (Å²) in [5.41, 5.74) is 1.02. The standard InChI is InChI=1S/C23H29N5O4/c1-15(2)22(30)27-21-20(24-10-11-25-21)23(31)26-17-8-12-28(13-9-17)19(29)14-16-4-6-18(32-3)7-5-16/h4-7,10-11,15,17H,8-9,12-14H2,1-3H3,(H,26,31)(H,25,27,30). The Morgan fingerprint density at radius 2 is 1.75 bits per heavy atom. The summed E-state index contributed by atoms with van der Waals surface area (Å²) >= 11 is 0. The lowest BCUT2D eigenvalue weighted by Gasteiger charge is -2.32. The Kier molecular flexibility index (Phi) is 7.75. The van der Waals surface area contributed by atoms with Gasteiger partial charge in [-0.1, -0.05) is 26.0 Å². The quantitative estimate of drug-likeness (QED) is 0.683. The number of likely N-dealkylation sites (tertiary alicyclic amines) is 1. The van der Waals surface area contributed by atoms with Crippen LogP contribution in [-0.2, 0) is 16.0 Å². The topological polar surface area (TPSA) is 114 Å². The van der Waals surface area contributed by atoms with Crippen LogP contribution in [-0.4, -0.2) is 58.8 Å². The molecule has 1 aliphatic heterocycles. The minimum Gasteiger partial charge on any atom is -0.497 e. The number of hydrogen-bond donors (Lipinski definition) is 2. The van der Waals surface area contributed by atoms with Crippen molar-refractivity contribution in [1.82, 2.24) is 20.2 Å². The van der Waals surface area contributed by atoms with Crippen LogP contribution in [0.4, 0.5) is 5.82 Å². The highest BCUT2D eigenvalue weighted by molar-refractivity contribution is 6.01. The summed E-state index contributed by atoms with van der Waals surface area (Å²) < 4.78 is 5.14. The molecule has 2 N–H and O–H groups in total. The molecule has 3 rings (SSSR count). The molecule has 32 heavy (non-hydrogen) atoms. The molecule has 3 amide bonds. The van der Waals surface area contributed by atoms with Crippen molar-refractivity contribution >= 4 is 23.5 Å². The highest BCUT2D eigenvalue weighted by Gasteiger charge is 2.26. The number of benzene rings is 1. The number of nitrogens with one attached hydrogen (secondary N) is 2. The molecule has 9 heteroatoms. The van der Waals surface area contributed by atoms with Gasteiger partial charge in [-0.2, -0.15) is 0 Å². The van der Waals surface area contributed by atoms with E-state index in [2.05, 4.69) is 20.6 Å². The first-order valence-electron chi connectivity index (χ1n) is 10.7. The number of nitrogens with zero attached hydrogens (tertiary/aromatic N) is 3. The highest BCUT2D eigenvalue weighted by Crippen LogP contribution is 2.16. The van der Waals surface area contributed by atoms with Crippen molar-refractivity contribution in [3.63, 3.8) is 0 Å². The van der Waals surface area contributed by atoms with Gasteiger partial charge < -0.3 is 20.3 Å². The highest BCUT2D eigenvalue weighted by atomic mass is 16.5. The Labute approximate surface area is 187 Å². The number of ether oxygens (including phenoxy) is 1. The average molecular weight is 440 g/mol. The smallest absolute Gasteiger partial charge is 0.273 e. The number of piperidine rings is 1. The summed E-state index contributed by atoms with van der Waals surface area (Å²) in [6, 6.07) is 7.38. The van der Waals surface area contributed by atoms with Crippen LogP contribution in [0, 0.1) is 5.92 Å². The summed E-state index contributed by atoms with van der Waals surface area (Å²) in [5.74, 6) is 0.104. The summed E-state index contributed by atoms with van der Waals surface area (Å²) in [4.78, 5) is 47.4. The first kappa shape index (κ1) is 23.2. The maximum Gasteiger partial charge on any atom is 0.273 e. The minimum absolute atomic E-state index is 0.0625. The number of amides is 3. The normalized spacial score (nSPS) is 14.2. The molecule has 1 fully saturated rings. The molecule has 0 spiro atoms. The predicted octanol–water partition coefficient (Wildman–Crippen LogP) is 2.04. The van der Waals surface area contributed by atoms with Gasteiger partial charge in [0.1, 0.15) is 5.75 Å². The number of anilines is 1. The van der Waals surface area contributed by atoms with E-state index < -0.39 is 0 Å². The summed E-state index contributed by atoms with van der Waals surface area (Å²) in [6.45, 7) is 4.65.